The third kappa shape index (κ3) is 18.0. The van der Waals surface area contributed by atoms with Gasteiger partial charge in [0.2, 0.25) is 0 Å². The van der Waals surface area contributed by atoms with Crippen LogP contribution < -0.4 is 0 Å². The standard InChI is InChI=1S/C19H38O4S/c1-3-4-5-6-7-8-9-10-11-12-13-14-15-16-17-18-19-23-24(20,21)22-2/h10-11H,3-9,12-19H2,1-2H3. The van der Waals surface area contributed by atoms with E-state index in [1.54, 1.807) is 0 Å². The number of allylic oxidation sites excluding steroid dienone is 2. The Kier molecular flexibility index (Phi) is 17.2. The maximum Gasteiger partial charge on any atom is 0.399 e. The number of hydrogen-bond acceptors (Lipinski definition) is 4. The van der Waals surface area contributed by atoms with E-state index in [9.17, 15) is 8.42 Å². The first-order valence-electron chi connectivity index (χ1n) is 9.72. The fourth-order valence-electron chi connectivity index (χ4n) is 2.56. The molecule has 0 atom stereocenters. The zero-order valence-corrected chi connectivity index (χ0v) is 16.6. The van der Waals surface area contributed by atoms with E-state index < -0.39 is 10.4 Å². The van der Waals surface area contributed by atoms with Crippen LogP contribution in [0.3, 0.4) is 0 Å². The molecular weight excluding hydrogens is 324 g/mol. The maximum atomic E-state index is 10.9. The Morgan fingerprint density at radius 3 is 1.67 bits per heavy atom. The molecule has 5 heteroatoms. The molecule has 0 saturated carbocycles. The first-order chi connectivity index (χ1) is 11.6. The van der Waals surface area contributed by atoms with Gasteiger partial charge in [0.05, 0.1) is 13.7 Å². The molecule has 0 aromatic rings. The van der Waals surface area contributed by atoms with Gasteiger partial charge >= 0.3 is 10.4 Å². The predicted molar refractivity (Wildman–Crippen MR) is 101 cm³/mol. The molecule has 0 aromatic carbocycles. The van der Waals surface area contributed by atoms with Crippen LogP contribution in [0.5, 0.6) is 0 Å². The van der Waals surface area contributed by atoms with Crippen LogP contribution in [0.15, 0.2) is 12.2 Å². The Morgan fingerprint density at radius 1 is 0.708 bits per heavy atom. The van der Waals surface area contributed by atoms with E-state index >= 15 is 0 Å². The molecule has 0 fully saturated rings. The van der Waals surface area contributed by atoms with Crippen LogP contribution in [0.2, 0.25) is 0 Å². The highest BCUT2D eigenvalue weighted by Crippen LogP contribution is 2.10. The van der Waals surface area contributed by atoms with Crippen molar-refractivity contribution >= 4 is 10.4 Å². The minimum atomic E-state index is -3.75. The van der Waals surface area contributed by atoms with Crippen molar-refractivity contribution in [1.29, 1.82) is 0 Å². The van der Waals surface area contributed by atoms with E-state index in [1.807, 2.05) is 0 Å². The SMILES string of the molecule is CCCCCCCCC=CCCCCCCCCOS(=O)(=O)OC. The first-order valence-corrected chi connectivity index (χ1v) is 11.1. The van der Waals surface area contributed by atoms with Gasteiger partial charge in [-0.25, -0.2) is 4.18 Å². The quantitative estimate of drug-likeness (QED) is 0.224. The third-order valence-electron chi connectivity index (χ3n) is 4.09. The lowest BCUT2D eigenvalue weighted by atomic mass is 10.1. The third-order valence-corrected chi connectivity index (χ3v) is 4.95. The molecular formula is C19H38O4S. The molecule has 0 aliphatic carbocycles. The number of hydrogen-bond donors (Lipinski definition) is 0. The lowest BCUT2D eigenvalue weighted by Gasteiger charge is -2.03. The first kappa shape index (κ1) is 23.6. The molecule has 0 bridgehead atoms. The predicted octanol–water partition coefficient (Wildman–Crippen LogP) is 5.93. The van der Waals surface area contributed by atoms with Gasteiger partial charge in [-0.15, -0.1) is 0 Å². The molecule has 0 amide bonds. The van der Waals surface area contributed by atoms with Crippen molar-refractivity contribution < 1.29 is 16.8 Å². The van der Waals surface area contributed by atoms with Crippen molar-refractivity contribution in [3.05, 3.63) is 12.2 Å². The molecule has 144 valence electrons. The minimum absolute atomic E-state index is 0.220. The van der Waals surface area contributed by atoms with E-state index in [0.29, 0.717) is 0 Å². The van der Waals surface area contributed by atoms with Crippen LogP contribution in [-0.4, -0.2) is 22.1 Å². The van der Waals surface area contributed by atoms with Crippen LogP contribution in [0.4, 0.5) is 0 Å². The second kappa shape index (κ2) is 17.4. The summed E-state index contributed by atoms with van der Waals surface area (Å²) in [5.41, 5.74) is 0. The Labute approximate surface area is 150 Å². The highest BCUT2D eigenvalue weighted by molar-refractivity contribution is 7.81. The second-order valence-electron chi connectivity index (χ2n) is 6.33. The van der Waals surface area contributed by atoms with Gasteiger partial charge in [-0.05, 0) is 32.1 Å². The Balaban J connectivity index is 3.18. The van der Waals surface area contributed by atoms with Crippen LogP contribution in [0.25, 0.3) is 0 Å². The van der Waals surface area contributed by atoms with Gasteiger partial charge in [0.1, 0.15) is 0 Å². The fraction of sp³-hybridized carbons (Fsp3) is 0.895. The van der Waals surface area contributed by atoms with E-state index in [4.69, 9.17) is 0 Å². The number of rotatable bonds is 18. The summed E-state index contributed by atoms with van der Waals surface area (Å²) in [7, 11) is -2.64. The average Bonchev–Trinajstić information content (AvgIpc) is 2.57. The molecule has 0 heterocycles. The molecule has 0 N–H and O–H groups in total. The summed E-state index contributed by atoms with van der Waals surface area (Å²) in [4.78, 5) is 0. The van der Waals surface area contributed by atoms with Crippen molar-refractivity contribution in [2.45, 2.75) is 96.8 Å². The van der Waals surface area contributed by atoms with Crippen molar-refractivity contribution in [3.63, 3.8) is 0 Å². The summed E-state index contributed by atoms with van der Waals surface area (Å²) in [6.45, 7) is 2.48. The Bertz CT molecular complexity index is 377. The molecule has 0 radical (unpaired) electrons. The van der Waals surface area contributed by atoms with Gasteiger partial charge in [0.15, 0.2) is 0 Å². The summed E-state index contributed by atoms with van der Waals surface area (Å²) >= 11 is 0. The maximum absolute atomic E-state index is 10.9. The monoisotopic (exact) mass is 362 g/mol. The van der Waals surface area contributed by atoms with Crippen molar-refractivity contribution in [1.82, 2.24) is 0 Å². The van der Waals surface area contributed by atoms with Crippen molar-refractivity contribution in [2.75, 3.05) is 13.7 Å². The zero-order chi connectivity index (χ0) is 17.9. The Morgan fingerprint density at radius 2 is 1.17 bits per heavy atom. The lowest BCUT2D eigenvalue weighted by Crippen LogP contribution is -2.08. The summed E-state index contributed by atoms with van der Waals surface area (Å²) in [5.74, 6) is 0. The fourth-order valence-corrected chi connectivity index (χ4v) is 2.98. The highest BCUT2D eigenvalue weighted by Gasteiger charge is 2.07. The molecule has 4 nitrogen and oxygen atoms in total. The van der Waals surface area contributed by atoms with E-state index in [-0.39, 0.29) is 6.61 Å². The van der Waals surface area contributed by atoms with Gasteiger partial charge in [-0.2, -0.15) is 8.42 Å². The normalized spacial score (nSPS) is 12.2. The van der Waals surface area contributed by atoms with E-state index in [1.165, 1.54) is 70.6 Å². The molecule has 0 aromatic heterocycles. The molecule has 24 heavy (non-hydrogen) atoms. The van der Waals surface area contributed by atoms with Gasteiger partial charge in [-0.1, -0.05) is 76.9 Å². The molecule has 0 unspecified atom stereocenters. The van der Waals surface area contributed by atoms with Gasteiger partial charge in [0.25, 0.3) is 0 Å². The molecule has 0 aliphatic rings. The van der Waals surface area contributed by atoms with Gasteiger partial charge in [0, 0.05) is 0 Å². The second-order valence-corrected chi connectivity index (χ2v) is 7.72. The molecule has 0 saturated heterocycles. The van der Waals surface area contributed by atoms with Gasteiger partial charge in [-0.3, -0.25) is 4.18 Å². The van der Waals surface area contributed by atoms with Gasteiger partial charge < -0.3 is 0 Å². The Hall–Kier alpha value is -0.390. The smallest absolute Gasteiger partial charge is 0.252 e. The molecule has 0 rings (SSSR count). The van der Waals surface area contributed by atoms with Crippen LogP contribution in [-0.2, 0) is 18.8 Å². The topological polar surface area (TPSA) is 52.6 Å². The van der Waals surface area contributed by atoms with Crippen LogP contribution >= 0.6 is 0 Å². The number of unbranched alkanes of at least 4 members (excludes halogenated alkanes) is 12. The summed E-state index contributed by atoms with van der Waals surface area (Å²) in [6, 6.07) is 0. The summed E-state index contributed by atoms with van der Waals surface area (Å²) < 4.78 is 30.7. The lowest BCUT2D eigenvalue weighted by molar-refractivity contribution is 0.238. The zero-order valence-electron chi connectivity index (χ0n) is 15.8. The van der Waals surface area contributed by atoms with Crippen molar-refractivity contribution in [2.24, 2.45) is 0 Å². The largest absolute Gasteiger partial charge is 0.399 e. The average molecular weight is 363 g/mol. The van der Waals surface area contributed by atoms with Crippen molar-refractivity contribution in [3.8, 4) is 0 Å². The summed E-state index contributed by atoms with van der Waals surface area (Å²) in [6.07, 6.45) is 21.9. The van der Waals surface area contributed by atoms with Crippen LogP contribution in [0.1, 0.15) is 96.8 Å². The highest BCUT2D eigenvalue weighted by atomic mass is 32.3. The summed E-state index contributed by atoms with van der Waals surface area (Å²) in [5, 5.41) is 0. The molecule has 0 spiro atoms. The van der Waals surface area contributed by atoms with Crippen LogP contribution in [0, 0.1) is 0 Å². The minimum Gasteiger partial charge on any atom is -0.252 e. The van der Waals surface area contributed by atoms with E-state index in [0.717, 1.165) is 26.4 Å². The van der Waals surface area contributed by atoms with E-state index in [2.05, 4.69) is 27.4 Å². The molecule has 0 aliphatic heterocycles.